The maximum Gasteiger partial charge on any atom is 0.236 e. The number of para-hydroxylation sites is 1. The average Bonchev–Trinajstić information content (AvgIpc) is 3.10. The number of nitrogens with zero attached hydrogens (tertiary/aromatic N) is 2. The van der Waals surface area contributed by atoms with Crippen molar-refractivity contribution in [3.8, 4) is 5.75 Å². The van der Waals surface area contributed by atoms with Gasteiger partial charge in [-0.15, -0.1) is 0 Å². The number of amides is 1. The molecule has 0 saturated carbocycles. The van der Waals surface area contributed by atoms with Gasteiger partial charge in [0.1, 0.15) is 5.75 Å². The summed E-state index contributed by atoms with van der Waals surface area (Å²) in [6.45, 7) is 5.02. The first-order chi connectivity index (χ1) is 10.8. The number of piperazine rings is 1. The number of likely N-dealkylation sites (tertiary alicyclic amines) is 1. The van der Waals surface area contributed by atoms with Crippen molar-refractivity contribution in [1.82, 2.24) is 15.1 Å². The molecule has 0 bridgehead atoms. The van der Waals surface area contributed by atoms with Crippen LogP contribution in [0.1, 0.15) is 24.4 Å². The van der Waals surface area contributed by atoms with Gasteiger partial charge < -0.3 is 15.0 Å². The van der Waals surface area contributed by atoms with Crippen molar-refractivity contribution < 1.29 is 9.53 Å². The minimum Gasteiger partial charge on any atom is -0.496 e. The zero-order valence-electron chi connectivity index (χ0n) is 13.3. The van der Waals surface area contributed by atoms with Gasteiger partial charge in [0.15, 0.2) is 0 Å². The van der Waals surface area contributed by atoms with Crippen molar-refractivity contribution >= 4 is 5.91 Å². The van der Waals surface area contributed by atoms with Crippen molar-refractivity contribution in [1.29, 1.82) is 0 Å². The molecule has 1 aromatic carbocycles. The molecule has 0 unspecified atom stereocenters. The smallest absolute Gasteiger partial charge is 0.236 e. The second-order valence-electron chi connectivity index (χ2n) is 6.02. The van der Waals surface area contributed by atoms with Crippen molar-refractivity contribution in [2.45, 2.75) is 18.9 Å². The Morgan fingerprint density at radius 3 is 2.82 bits per heavy atom. The predicted octanol–water partition coefficient (Wildman–Crippen LogP) is 1.26. The van der Waals surface area contributed by atoms with E-state index >= 15 is 0 Å². The zero-order valence-corrected chi connectivity index (χ0v) is 13.3. The van der Waals surface area contributed by atoms with Gasteiger partial charge in [0, 0.05) is 38.3 Å². The summed E-state index contributed by atoms with van der Waals surface area (Å²) in [6.07, 6.45) is 2.28. The molecule has 22 heavy (non-hydrogen) atoms. The molecule has 5 nitrogen and oxygen atoms in total. The monoisotopic (exact) mass is 303 g/mol. The Morgan fingerprint density at radius 2 is 2.05 bits per heavy atom. The normalized spacial score (nSPS) is 22.8. The molecule has 0 spiro atoms. The molecule has 3 rings (SSSR count). The highest BCUT2D eigenvalue weighted by molar-refractivity contribution is 5.78. The molecule has 1 N–H and O–H groups in total. The lowest BCUT2D eigenvalue weighted by Crippen LogP contribution is -2.49. The molecule has 2 aliphatic heterocycles. The third kappa shape index (κ3) is 3.25. The highest BCUT2D eigenvalue weighted by atomic mass is 16.5. The van der Waals surface area contributed by atoms with E-state index in [0.717, 1.165) is 56.9 Å². The Labute approximate surface area is 132 Å². The van der Waals surface area contributed by atoms with Crippen molar-refractivity contribution in [3.05, 3.63) is 29.8 Å². The lowest BCUT2D eigenvalue weighted by molar-refractivity contribution is -0.132. The summed E-state index contributed by atoms with van der Waals surface area (Å²) in [5.74, 6) is 1.16. The van der Waals surface area contributed by atoms with Gasteiger partial charge >= 0.3 is 0 Å². The Hall–Kier alpha value is -1.59. The lowest BCUT2D eigenvalue weighted by Gasteiger charge is -2.37. The zero-order chi connectivity index (χ0) is 15.4. The van der Waals surface area contributed by atoms with Crippen molar-refractivity contribution in [2.75, 3.05) is 46.4 Å². The predicted molar refractivity (Wildman–Crippen MR) is 86.0 cm³/mol. The number of carbonyl (C=O) groups excluding carboxylic acids is 1. The standard InChI is InChI=1S/C17H25N3O2/c1-22-16-7-3-2-6-14(16)15-12-18-8-11-20(15)13-17(21)19-9-4-5-10-19/h2-3,6-7,15,18H,4-5,8-13H2,1H3/t15-/m0/s1. The Kier molecular flexibility index (Phi) is 4.95. The molecule has 2 heterocycles. The SMILES string of the molecule is COc1ccccc1[C@@H]1CNCCN1CC(=O)N1CCCC1. The van der Waals surface area contributed by atoms with E-state index in [2.05, 4.69) is 16.3 Å². The fourth-order valence-corrected chi connectivity index (χ4v) is 3.42. The van der Waals surface area contributed by atoms with Crippen LogP contribution in [-0.4, -0.2) is 62.1 Å². The van der Waals surface area contributed by atoms with E-state index in [1.807, 2.05) is 23.1 Å². The van der Waals surface area contributed by atoms with Gasteiger partial charge in [-0.3, -0.25) is 9.69 Å². The summed E-state index contributed by atoms with van der Waals surface area (Å²) >= 11 is 0. The number of carbonyl (C=O) groups is 1. The molecule has 2 saturated heterocycles. The molecule has 1 aromatic rings. The van der Waals surface area contributed by atoms with Gasteiger partial charge in [0.2, 0.25) is 5.91 Å². The molecular weight excluding hydrogens is 278 g/mol. The van der Waals surface area contributed by atoms with E-state index in [0.29, 0.717) is 6.54 Å². The van der Waals surface area contributed by atoms with Gasteiger partial charge in [-0.25, -0.2) is 0 Å². The van der Waals surface area contributed by atoms with Crippen LogP contribution >= 0.6 is 0 Å². The van der Waals surface area contributed by atoms with Gasteiger partial charge in [0.05, 0.1) is 19.7 Å². The second kappa shape index (κ2) is 7.11. The topological polar surface area (TPSA) is 44.8 Å². The minimum atomic E-state index is 0.191. The summed E-state index contributed by atoms with van der Waals surface area (Å²) in [7, 11) is 1.70. The highest BCUT2D eigenvalue weighted by Gasteiger charge is 2.29. The first-order valence-corrected chi connectivity index (χ1v) is 8.15. The lowest BCUT2D eigenvalue weighted by atomic mass is 10.0. The number of nitrogens with one attached hydrogen (secondary N) is 1. The summed E-state index contributed by atoms with van der Waals surface area (Å²) in [5, 5.41) is 3.44. The van der Waals surface area contributed by atoms with E-state index in [-0.39, 0.29) is 11.9 Å². The van der Waals surface area contributed by atoms with Crippen LogP contribution in [0.5, 0.6) is 5.75 Å². The number of benzene rings is 1. The van der Waals surface area contributed by atoms with E-state index < -0.39 is 0 Å². The molecule has 2 aliphatic rings. The van der Waals surface area contributed by atoms with Gasteiger partial charge in [0.25, 0.3) is 0 Å². The van der Waals surface area contributed by atoms with Crippen LogP contribution in [0, 0.1) is 0 Å². The molecule has 0 aliphatic carbocycles. The number of hydrogen-bond acceptors (Lipinski definition) is 4. The fraction of sp³-hybridized carbons (Fsp3) is 0.588. The Balaban J connectivity index is 1.74. The molecule has 1 amide bonds. The maximum atomic E-state index is 12.5. The summed E-state index contributed by atoms with van der Waals surface area (Å²) in [5.41, 5.74) is 1.16. The number of ether oxygens (including phenoxy) is 1. The van der Waals surface area contributed by atoms with E-state index in [1.54, 1.807) is 7.11 Å². The van der Waals surface area contributed by atoms with Crippen LogP contribution in [0.2, 0.25) is 0 Å². The summed E-state index contributed by atoms with van der Waals surface area (Å²) in [6, 6.07) is 8.30. The second-order valence-corrected chi connectivity index (χ2v) is 6.02. The molecule has 2 fully saturated rings. The first-order valence-electron chi connectivity index (χ1n) is 8.15. The Morgan fingerprint density at radius 1 is 1.27 bits per heavy atom. The van der Waals surface area contributed by atoms with Gasteiger partial charge in [-0.2, -0.15) is 0 Å². The molecule has 0 aromatic heterocycles. The van der Waals surface area contributed by atoms with Gasteiger partial charge in [-0.05, 0) is 18.9 Å². The van der Waals surface area contributed by atoms with E-state index in [1.165, 1.54) is 0 Å². The van der Waals surface area contributed by atoms with Crippen LogP contribution in [0.25, 0.3) is 0 Å². The third-order valence-electron chi connectivity index (χ3n) is 4.65. The number of rotatable bonds is 4. The molecule has 0 radical (unpaired) electrons. The first kappa shape index (κ1) is 15.3. The van der Waals surface area contributed by atoms with Crippen molar-refractivity contribution in [3.63, 3.8) is 0 Å². The Bertz CT molecular complexity index is 514. The average molecular weight is 303 g/mol. The fourth-order valence-electron chi connectivity index (χ4n) is 3.42. The maximum absolute atomic E-state index is 12.5. The van der Waals surface area contributed by atoms with Gasteiger partial charge in [-0.1, -0.05) is 18.2 Å². The minimum absolute atomic E-state index is 0.191. The summed E-state index contributed by atoms with van der Waals surface area (Å²) < 4.78 is 5.50. The molecular formula is C17H25N3O2. The van der Waals surface area contributed by atoms with Crippen LogP contribution in [0.3, 0.4) is 0 Å². The van der Waals surface area contributed by atoms with Crippen molar-refractivity contribution in [2.24, 2.45) is 0 Å². The molecule has 120 valence electrons. The third-order valence-corrected chi connectivity index (χ3v) is 4.65. The largest absolute Gasteiger partial charge is 0.496 e. The highest BCUT2D eigenvalue weighted by Crippen LogP contribution is 2.30. The van der Waals surface area contributed by atoms with Crippen LogP contribution < -0.4 is 10.1 Å². The van der Waals surface area contributed by atoms with E-state index in [9.17, 15) is 4.79 Å². The quantitative estimate of drug-likeness (QED) is 0.910. The van der Waals surface area contributed by atoms with Crippen LogP contribution in [0.15, 0.2) is 24.3 Å². The number of methoxy groups -OCH3 is 1. The van der Waals surface area contributed by atoms with Crippen LogP contribution in [0.4, 0.5) is 0 Å². The number of hydrogen-bond donors (Lipinski definition) is 1. The summed E-state index contributed by atoms with van der Waals surface area (Å²) in [4.78, 5) is 16.8. The molecule has 1 atom stereocenters. The van der Waals surface area contributed by atoms with E-state index in [4.69, 9.17) is 4.74 Å². The molecule has 5 heteroatoms. The van der Waals surface area contributed by atoms with Crippen LogP contribution in [-0.2, 0) is 4.79 Å².